The SMILES string of the molecule is CCCC(C)C1C2CN(CCC)C23CC13. The summed E-state index contributed by atoms with van der Waals surface area (Å²) >= 11 is 0. The molecule has 0 aromatic heterocycles. The van der Waals surface area contributed by atoms with Gasteiger partial charge in [-0.2, -0.15) is 0 Å². The van der Waals surface area contributed by atoms with Gasteiger partial charge in [0, 0.05) is 12.1 Å². The molecule has 0 amide bonds. The fourth-order valence-electron chi connectivity index (χ4n) is 4.87. The van der Waals surface area contributed by atoms with Gasteiger partial charge in [-0.3, -0.25) is 4.90 Å². The van der Waals surface area contributed by atoms with Crippen LogP contribution in [-0.4, -0.2) is 23.5 Å². The molecule has 2 saturated carbocycles. The minimum Gasteiger partial charge on any atom is -0.297 e. The van der Waals surface area contributed by atoms with Crippen LogP contribution in [0.3, 0.4) is 0 Å². The van der Waals surface area contributed by atoms with Crippen molar-refractivity contribution in [1.29, 1.82) is 0 Å². The number of likely N-dealkylation sites (tertiary alicyclic amines) is 1. The first-order valence-corrected chi connectivity index (χ1v) is 7.00. The van der Waals surface area contributed by atoms with E-state index in [0.29, 0.717) is 0 Å². The molecule has 1 saturated heterocycles. The van der Waals surface area contributed by atoms with Crippen molar-refractivity contribution < 1.29 is 0 Å². The van der Waals surface area contributed by atoms with Gasteiger partial charge in [-0.15, -0.1) is 0 Å². The molecule has 0 aromatic rings. The van der Waals surface area contributed by atoms with Crippen molar-refractivity contribution >= 4 is 0 Å². The molecule has 15 heavy (non-hydrogen) atoms. The van der Waals surface area contributed by atoms with Crippen LogP contribution < -0.4 is 0 Å². The van der Waals surface area contributed by atoms with Crippen LogP contribution in [0.25, 0.3) is 0 Å². The number of piperidine rings is 1. The lowest BCUT2D eigenvalue weighted by molar-refractivity contribution is -0.139. The minimum atomic E-state index is 0.780. The van der Waals surface area contributed by atoms with Gasteiger partial charge in [0.25, 0.3) is 0 Å². The highest BCUT2D eigenvalue weighted by molar-refractivity contribution is 5.34. The van der Waals surface area contributed by atoms with Gasteiger partial charge in [0.05, 0.1) is 0 Å². The zero-order valence-electron chi connectivity index (χ0n) is 10.5. The Morgan fingerprint density at radius 1 is 1.27 bits per heavy atom. The van der Waals surface area contributed by atoms with Crippen LogP contribution in [0.4, 0.5) is 0 Å². The van der Waals surface area contributed by atoms with Crippen molar-refractivity contribution in [2.75, 3.05) is 13.1 Å². The van der Waals surface area contributed by atoms with E-state index in [4.69, 9.17) is 0 Å². The first kappa shape index (κ1) is 10.1. The standard InChI is InChI=1S/C14H25N/c1-4-6-10(3)13-11-8-14(11)12(13)9-15(14)7-5-2/h10-13H,4-9H2,1-3H3. The number of rotatable bonds is 5. The van der Waals surface area contributed by atoms with Crippen LogP contribution in [-0.2, 0) is 0 Å². The normalized spacial score (nSPS) is 48.6. The summed E-state index contributed by atoms with van der Waals surface area (Å²) in [7, 11) is 0. The van der Waals surface area contributed by atoms with Crippen LogP contribution in [0.2, 0.25) is 0 Å². The zero-order valence-corrected chi connectivity index (χ0v) is 10.5. The first-order valence-electron chi connectivity index (χ1n) is 7.00. The van der Waals surface area contributed by atoms with Gasteiger partial charge >= 0.3 is 0 Å². The topological polar surface area (TPSA) is 3.24 Å². The van der Waals surface area contributed by atoms with E-state index in [-0.39, 0.29) is 0 Å². The van der Waals surface area contributed by atoms with Crippen molar-refractivity contribution in [3.05, 3.63) is 0 Å². The van der Waals surface area contributed by atoms with Crippen LogP contribution in [0.15, 0.2) is 0 Å². The molecule has 3 rings (SSSR count). The molecule has 1 aliphatic heterocycles. The molecule has 0 radical (unpaired) electrons. The number of hydrogen-bond donors (Lipinski definition) is 0. The van der Waals surface area contributed by atoms with Gasteiger partial charge in [0.1, 0.15) is 0 Å². The fraction of sp³-hybridized carbons (Fsp3) is 1.00. The van der Waals surface area contributed by atoms with Gasteiger partial charge in [0.15, 0.2) is 0 Å². The quantitative estimate of drug-likeness (QED) is 0.669. The molecule has 1 nitrogen and oxygen atoms in total. The Balaban J connectivity index is 1.59. The Morgan fingerprint density at radius 2 is 2.07 bits per heavy atom. The summed E-state index contributed by atoms with van der Waals surface area (Å²) in [6.45, 7) is 9.94. The van der Waals surface area contributed by atoms with Crippen molar-refractivity contribution in [3.63, 3.8) is 0 Å². The maximum atomic E-state index is 2.79. The largest absolute Gasteiger partial charge is 0.297 e. The molecule has 3 fully saturated rings. The summed E-state index contributed by atoms with van der Waals surface area (Å²) in [5.41, 5.74) is 0.780. The maximum absolute atomic E-state index is 2.79. The molecule has 1 heteroatoms. The summed E-state index contributed by atoms with van der Waals surface area (Å²) in [5.74, 6) is 4.34. The molecule has 5 atom stereocenters. The Hall–Kier alpha value is -0.0400. The highest BCUT2D eigenvalue weighted by Crippen LogP contribution is 2.77. The molecular formula is C14H25N. The summed E-state index contributed by atoms with van der Waals surface area (Å²) in [4.78, 5) is 2.79. The van der Waals surface area contributed by atoms with E-state index in [1.807, 2.05) is 0 Å². The molecule has 5 unspecified atom stereocenters. The Bertz CT molecular complexity index is 262. The van der Waals surface area contributed by atoms with Crippen LogP contribution >= 0.6 is 0 Å². The molecule has 0 aromatic carbocycles. The second kappa shape index (κ2) is 3.23. The van der Waals surface area contributed by atoms with Crippen molar-refractivity contribution in [1.82, 2.24) is 4.90 Å². The van der Waals surface area contributed by atoms with E-state index in [2.05, 4.69) is 25.7 Å². The van der Waals surface area contributed by atoms with Gasteiger partial charge in [-0.25, -0.2) is 0 Å². The zero-order chi connectivity index (χ0) is 10.6. The third kappa shape index (κ3) is 1.08. The number of nitrogens with zero attached hydrogens (tertiary/aromatic N) is 1. The van der Waals surface area contributed by atoms with E-state index < -0.39 is 0 Å². The van der Waals surface area contributed by atoms with Crippen LogP contribution in [0.5, 0.6) is 0 Å². The molecular weight excluding hydrogens is 182 g/mol. The van der Waals surface area contributed by atoms with Crippen LogP contribution in [0, 0.1) is 23.7 Å². The summed E-state index contributed by atoms with van der Waals surface area (Å²) in [6, 6.07) is 0. The van der Waals surface area contributed by atoms with Gasteiger partial charge in [-0.05, 0) is 43.1 Å². The van der Waals surface area contributed by atoms with Crippen molar-refractivity contribution in [3.8, 4) is 0 Å². The average molecular weight is 207 g/mol. The molecule has 86 valence electrons. The third-order valence-electron chi connectivity index (χ3n) is 5.50. The molecule has 1 heterocycles. The molecule has 2 aliphatic carbocycles. The summed E-state index contributed by atoms with van der Waals surface area (Å²) in [6.07, 6.45) is 5.73. The van der Waals surface area contributed by atoms with Gasteiger partial charge < -0.3 is 0 Å². The lowest BCUT2D eigenvalue weighted by Crippen LogP contribution is -2.70. The van der Waals surface area contributed by atoms with Crippen LogP contribution in [0.1, 0.15) is 46.5 Å². The van der Waals surface area contributed by atoms with E-state index in [1.165, 1.54) is 32.4 Å². The summed E-state index contributed by atoms with van der Waals surface area (Å²) in [5, 5.41) is 0. The molecule has 0 bridgehead atoms. The Kier molecular flexibility index (Phi) is 2.18. The van der Waals surface area contributed by atoms with Gasteiger partial charge in [-0.1, -0.05) is 33.6 Å². The highest BCUT2D eigenvalue weighted by Gasteiger charge is 2.81. The average Bonchev–Trinajstić information content (AvgIpc) is 2.90. The highest BCUT2D eigenvalue weighted by atomic mass is 15.4. The second-order valence-corrected chi connectivity index (χ2v) is 6.20. The minimum absolute atomic E-state index is 0.780. The smallest absolute Gasteiger partial charge is 0.0288 e. The van der Waals surface area contributed by atoms with Crippen molar-refractivity contribution in [2.24, 2.45) is 23.7 Å². The second-order valence-electron chi connectivity index (χ2n) is 6.20. The predicted molar refractivity (Wildman–Crippen MR) is 63.8 cm³/mol. The van der Waals surface area contributed by atoms with E-state index in [1.54, 1.807) is 6.42 Å². The molecule has 1 spiro atoms. The Labute approximate surface area is 94.2 Å². The van der Waals surface area contributed by atoms with E-state index in [0.717, 1.165) is 29.2 Å². The fourth-order valence-corrected chi connectivity index (χ4v) is 4.87. The van der Waals surface area contributed by atoms with Crippen molar-refractivity contribution in [2.45, 2.75) is 52.0 Å². The summed E-state index contributed by atoms with van der Waals surface area (Å²) < 4.78 is 0. The predicted octanol–water partition coefficient (Wildman–Crippen LogP) is 3.15. The maximum Gasteiger partial charge on any atom is 0.0288 e. The first-order chi connectivity index (χ1) is 7.25. The van der Waals surface area contributed by atoms with E-state index in [9.17, 15) is 0 Å². The lowest BCUT2D eigenvalue weighted by atomic mass is 9.58. The molecule has 0 N–H and O–H groups in total. The Morgan fingerprint density at radius 3 is 2.67 bits per heavy atom. The van der Waals surface area contributed by atoms with E-state index >= 15 is 0 Å². The van der Waals surface area contributed by atoms with Gasteiger partial charge in [0.2, 0.25) is 0 Å². The third-order valence-corrected chi connectivity index (χ3v) is 5.50. The number of hydrogen-bond acceptors (Lipinski definition) is 1. The monoisotopic (exact) mass is 207 g/mol. The molecule has 3 aliphatic rings. The lowest BCUT2D eigenvalue weighted by Gasteiger charge is -2.62.